The maximum absolute atomic E-state index is 13.3. The van der Waals surface area contributed by atoms with Crippen LogP contribution in [-0.2, 0) is 24.3 Å². The number of aliphatic hydroxyl groups is 1. The van der Waals surface area contributed by atoms with Crippen LogP contribution in [0.2, 0.25) is 0 Å². The smallest absolute Gasteiger partial charge is 0.286 e. The number of nitrogens with zero attached hydrogens (tertiary/aromatic N) is 1. The fourth-order valence-corrected chi connectivity index (χ4v) is 7.85. The van der Waals surface area contributed by atoms with E-state index in [0.717, 1.165) is 22.9 Å². The molecule has 2 aromatic carbocycles. The van der Waals surface area contributed by atoms with Crippen LogP contribution in [0, 0.1) is 11.8 Å². The molecule has 1 aliphatic heterocycles. The molecule has 0 aromatic heterocycles. The van der Waals surface area contributed by atoms with Crippen molar-refractivity contribution >= 4 is 31.9 Å². The monoisotopic (exact) mass is 648 g/mol. The summed E-state index contributed by atoms with van der Waals surface area (Å²) < 4.78 is 45.8. The second-order valence-corrected chi connectivity index (χ2v) is 13.8. The number of hydrogen-bond donors (Lipinski definition) is 2. The molecule has 5 atom stereocenters. The van der Waals surface area contributed by atoms with Gasteiger partial charge in [-0.25, -0.2) is 8.42 Å². The van der Waals surface area contributed by atoms with E-state index < -0.39 is 16.3 Å². The van der Waals surface area contributed by atoms with Crippen LogP contribution in [0.25, 0.3) is 0 Å². The topological polar surface area (TPSA) is 114 Å². The highest BCUT2D eigenvalue weighted by atomic mass is 79.9. The molecule has 222 valence electrons. The van der Waals surface area contributed by atoms with Gasteiger partial charge in [0.2, 0.25) is 16.3 Å². The van der Waals surface area contributed by atoms with E-state index in [2.05, 4.69) is 21.2 Å². The molecule has 0 radical (unpaired) electrons. The van der Waals surface area contributed by atoms with E-state index in [1.807, 2.05) is 30.3 Å². The Balaban J connectivity index is 1.26. The van der Waals surface area contributed by atoms with Crippen LogP contribution in [0.1, 0.15) is 43.6 Å². The highest BCUT2D eigenvalue weighted by molar-refractivity contribution is 9.10. The van der Waals surface area contributed by atoms with Crippen LogP contribution >= 0.6 is 15.9 Å². The van der Waals surface area contributed by atoms with Crippen molar-refractivity contribution in [3.05, 3.63) is 70.4 Å². The molecule has 0 saturated heterocycles. The minimum absolute atomic E-state index is 0.00806. The summed E-state index contributed by atoms with van der Waals surface area (Å²) >= 11 is 3.47. The molecule has 1 amide bonds. The molecular weight excluding hydrogens is 612 g/mol. The van der Waals surface area contributed by atoms with E-state index >= 15 is 0 Å². The number of fused-ring (bicyclic) bond motifs is 2. The van der Waals surface area contributed by atoms with E-state index in [4.69, 9.17) is 14.2 Å². The molecule has 0 spiro atoms. The first-order valence-corrected chi connectivity index (χ1v) is 16.3. The van der Waals surface area contributed by atoms with Crippen molar-refractivity contribution in [3.8, 4) is 5.75 Å². The minimum Gasteiger partial charge on any atom is -0.497 e. The highest BCUT2D eigenvalue weighted by Gasteiger charge is 2.41. The summed E-state index contributed by atoms with van der Waals surface area (Å²) in [7, 11) is -2.36. The van der Waals surface area contributed by atoms with Crippen LogP contribution in [0.3, 0.4) is 0 Å². The summed E-state index contributed by atoms with van der Waals surface area (Å²) in [6.45, 7) is -0.387. The molecule has 2 N–H and O–H groups in total. The van der Waals surface area contributed by atoms with Gasteiger partial charge in [-0.3, -0.25) is 4.79 Å². The summed E-state index contributed by atoms with van der Waals surface area (Å²) in [4.78, 5) is 13.4. The predicted octanol–water partition coefficient (Wildman–Crippen LogP) is 4.18. The van der Waals surface area contributed by atoms with Crippen molar-refractivity contribution in [3.63, 3.8) is 0 Å². The second kappa shape index (κ2) is 13.2. The third kappa shape index (κ3) is 7.14. The average Bonchev–Trinajstić information content (AvgIpc) is 3.60. The number of aliphatic hydroxyl groups excluding tert-OH is 1. The van der Waals surface area contributed by atoms with Crippen molar-refractivity contribution < 1.29 is 32.5 Å². The Labute approximate surface area is 250 Å². The fourth-order valence-electron chi connectivity index (χ4n) is 6.17. The zero-order valence-corrected chi connectivity index (χ0v) is 25.5. The van der Waals surface area contributed by atoms with Crippen LogP contribution in [0.15, 0.2) is 69.7 Å². The molecule has 1 heterocycles. The number of hydrogen-bond acceptors (Lipinski definition) is 7. The minimum atomic E-state index is -3.87. The van der Waals surface area contributed by atoms with Crippen molar-refractivity contribution in [2.24, 2.45) is 11.8 Å². The summed E-state index contributed by atoms with van der Waals surface area (Å²) in [6.07, 6.45) is 6.20. The number of amides is 1. The molecule has 41 heavy (non-hydrogen) atoms. The van der Waals surface area contributed by atoms with Crippen molar-refractivity contribution in [2.75, 3.05) is 33.4 Å². The SMILES string of the molecule is COc1ccc(S(=O)(=O)N(CCO)CCO[C@H]2C[C@@H](c3ccc(Br)cc3)C=C(C(=O)NC3CC4CCC3C4)O2)cc1. The quantitative estimate of drug-likeness (QED) is 0.355. The first kappa shape index (κ1) is 30.0. The number of halogens is 1. The van der Waals surface area contributed by atoms with Gasteiger partial charge in [0.1, 0.15) is 5.75 Å². The Morgan fingerprint density at radius 2 is 1.83 bits per heavy atom. The molecule has 5 rings (SSSR count). The molecule has 2 aromatic rings. The summed E-state index contributed by atoms with van der Waals surface area (Å²) in [5, 5.41) is 12.8. The molecule has 9 nitrogen and oxygen atoms in total. The molecule has 2 bridgehead atoms. The lowest BCUT2D eigenvalue weighted by molar-refractivity contribution is -0.147. The lowest BCUT2D eigenvalue weighted by atomic mass is 9.92. The lowest BCUT2D eigenvalue weighted by Crippen LogP contribution is -2.41. The number of sulfonamides is 1. The third-order valence-electron chi connectivity index (χ3n) is 8.32. The van der Waals surface area contributed by atoms with E-state index in [9.17, 15) is 18.3 Å². The number of ether oxygens (including phenoxy) is 3. The van der Waals surface area contributed by atoms with Crippen molar-refractivity contribution in [1.82, 2.24) is 9.62 Å². The third-order valence-corrected chi connectivity index (χ3v) is 10.8. The van der Waals surface area contributed by atoms with Gasteiger partial charge in [-0.2, -0.15) is 4.31 Å². The zero-order valence-electron chi connectivity index (χ0n) is 23.1. The first-order chi connectivity index (χ1) is 19.8. The van der Waals surface area contributed by atoms with Crippen LogP contribution in [0.4, 0.5) is 0 Å². The molecular formula is C30H37BrN2O7S. The predicted molar refractivity (Wildman–Crippen MR) is 157 cm³/mol. The number of rotatable bonds is 12. The number of methoxy groups -OCH3 is 1. The summed E-state index contributed by atoms with van der Waals surface area (Å²) in [5.41, 5.74) is 1.03. The molecule has 2 fully saturated rings. The van der Waals surface area contributed by atoms with Gasteiger partial charge in [-0.15, -0.1) is 0 Å². The number of carbonyl (C=O) groups is 1. The van der Waals surface area contributed by atoms with Crippen LogP contribution in [0.5, 0.6) is 5.75 Å². The van der Waals surface area contributed by atoms with Gasteiger partial charge in [-0.05, 0) is 79.1 Å². The van der Waals surface area contributed by atoms with E-state index in [1.165, 1.54) is 36.4 Å². The van der Waals surface area contributed by atoms with Gasteiger partial charge in [0, 0.05) is 35.9 Å². The maximum Gasteiger partial charge on any atom is 0.286 e. The standard InChI is InChI=1S/C30H37BrN2O7S/c1-38-25-8-10-26(11-9-25)41(36,37)33(12-14-34)13-15-39-29-19-23(21-4-6-24(31)7-5-21)18-28(40-29)30(35)32-27-17-20-2-3-22(27)16-20/h4-11,18,20,22-23,27,29,34H,2-3,12-17,19H2,1H3,(H,32,35)/t20?,22?,23-,27?,29+/m0/s1. The Kier molecular flexibility index (Phi) is 9.70. The number of carbonyl (C=O) groups excluding carboxylic acids is 1. The Morgan fingerprint density at radius 3 is 2.46 bits per heavy atom. The van der Waals surface area contributed by atoms with Crippen molar-refractivity contribution in [1.29, 1.82) is 0 Å². The number of allylic oxidation sites excluding steroid dienone is 1. The highest BCUT2D eigenvalue weighted by Crippen LogP contribution is 2.44. The first-order valence-electron chi connectivity index (χ1n) is 14.1. The van der Waals surface area contributed by atoms with Gasteiger partial charge in [0.05, 0.1) is 25.2 Å². The maximum atomic E-state index is 13.3. The normalized spacial score (nSPS) is 25.6. The largest absolute Gasteiger partial charge is 0.497 e. The van der Waals surface area contributed by atoms with Gasteiger partial charge in [0.15, 0.2) is 5.76 Å². The second-order valence-electron chi connectivity index (χ2n) is 10.9. The lowest BCUT2D eigenvalue weighted by Gasteiger charge is -2.31. The van der Waals surface area contributed by atoms with Gasteiger partial charge < -0.3 is 24.6 Å². The van der Waals surface area contributed by atoms with E-state index in [-0.39, 0.29) is 54.8 Å². The summed E-state index contributed by atoms with van der Waals surface area (Å²) in [6, 6.07) is 14.2. The average molecular weight is 650 g/mol. The van der Waals surface area contributed by atoms with Crippen LogP contribution < -0.4 is 10.1 Å². The number of nitrogens with one attached hydrogen (secondary N) is 1. The Morgan fingerprint density at radius 1 is 1.07 bits per heavy atom. The van der Waals surface area contributed by atoms with Crippen molar-refractivity contribution in [2.45, 2.75) is 55.2 Å². The van der Waals surface area contributed by atoms with Crippen LogP contribution in [-0.4, -0.2) is 69.5 Å². The zero-order chi connectivity index (χ0) is 29.0. The summed E-state index contributed by atoms with van der Waals surface area (Å²) in [5.74, 6) is 1.67. The van der Waals surface area contributed by atoms with Gasteiger partial charge >= 0.3 is 0 Å². The van der Waals surface area contributed by atoms with E-state index in [0.29, 0.717) is 24.0 Å². The van der Waals surface area contributed by atoms with Gasteiger partial charge in [-0.1, -0.05) is 34.5 Å². The van der Waals surface area contributed by atoms with Gasteiger partial charge in [0.25, 0.3) is 5.91 Å². The Bertz CT molecular complexity index is 1330. The van der Waals surface area contributed by atoms with E-state index in [1.54, 1.807) is 12.1 Å². The molecule has 3 aliphatic rings. The molecule has 2 saturated carbocycles. The molecule has 11 heteroatoms. The fraction of sp³-hybridized carbons (Fsp3) is 0.500. The number of benzene rings is 2. The molecule has 2 aliphatic carbocycles. The Hall–Kier alpha value is -2.44. The molecule has 3 unspecified atom stereocenters.